The second-order valence-corrected chi connectivity index (χ2v) is 9.52. The first kappa shape index (κ1) is 23.4. The lowest BCUT2D eigenvalue weighted by Crippen LogP contribution is -2.36. The molecule has 0 saturated heterocycles. The molecule has 1 amide bonds. The quantitative estimate of drug-likeness (QED) is 0.390. The van der Waals surface area contributed by atoms with E-state index in [1.165, 1.54) is 11.8 Å². The van der Waals surface area contributed by atoms with E-state index in [0.717, 1.165) is 11.1 Å². The van der Waals surface area contributed by atoms with Gasteiger partial charge in [-0.3, -0.25) is 0 Å². The van der Waals surface area contributed by atoms with Crippen molar-refractivity contribution in [2.75, 3.05) is 0 Å². The molecule has 6 nitrogen and oxygen atoms in total. The van der Waals surface area contributed by atoms with E-state index < -0.39 is 17.7 Å². The van der Waals surface area contributed by atoms with Crippen molar-refractivity contribution >= 4 is 41.1 Å². The minimum Gasteiger partial charge on any atom is -0.444 e. The summed E-state index contributed by atoms with van der Waals surface area (Å²) in [6.45, 7) is 5.42. The fourth-order valence-corrected chi connectivity index (χ4v) is 4.23. The molecule has 1 heterocycles. The number of benzene rings is 2. The third-order valence-corrected chi connectivity index (χ3v) is 5.65. The van der Waals surface area contributed by atoms with Gasteiger partial charge >= 0.3 is 6.09 Å². The molecule has 1 aromatic heterocycles. The lowest BCUT2D eigenvalue weighted by atomic mass is 10.1. The molecule has 0 spiro atoms. The Morgan fingerprint density at radius 3 is 2.42 bits per heavy atom. The Labute approximate surface area is 195 Å². The van der Waals surface area contributed by atoms with Crippen molar-refractivity contribution in [3.05, 3.63) is 75.6 Å². The molecule has 31 heavy (non-hydrogen) atoms. The number of amides is 1. The maximum atomic E-state index is 12.4. The van der Waals surface area contributed by atoms with Crippen LogP contribution in [0.4, 0.5) is 4.79 Å². The van der Waals surface area contributed by atoms with Gasteiger partial charge in [0.15, 0.2) is 0 Å². The number of alkyl carbamates (subject to hydrolysis) is 1. The van der Waals surface area contributed by atoms with Gasteiger partial charge < -0.3 is 14.5 Å². The fourth-order valence-electron chi connectivity index (χ4n) is 2.72. The third-order valence-electron chi connectivity index (χ3n) is 4.10. The van der Waals surface area contributed by atoms with Gasteiger partial charge in [-0.25, -0.2) is 4.79 Å². The summed E-state index contributed by atoms with van der Waals surface area (Å²) in [6.07, 6.45) is -0.0772. The van der Waals surface area contributed by atoms with E-state index in [-0.39, 0.29) is 0 Å². The highest BCUT2D eigenvalue weighted by Gasteiger charge is 2.25. The SMILES string of the molecule is CC(C)(C)OC(=O)N[C@@H](Cc1ccccc1)c1nnc(SCc2c(Cl)cccc2Cl)o1. The molecular weight excluding hydrogens is 457 g/mol. The second kappa shape index (κ2) is 10.4. The molecule has 3 aromatic rings. The largest absolute Gasteiger partial charge is 0.444 e. The van der Waals surface area contributed by atoms with Gasteiger partial charge in [-0.15, -0.1) is 10.2 Å². The Balaban J connectivity index is 1.74. The highest BCUT2D eigenvalue weighted by Crippen LogP contribution is 2.31. The highest BCUT2D eigenvalue weighted by molar-refractivity contribution is 7.98. The van der Waals surface area contributed by atoms with Crippen LogP contribution in [0, 0.1) is 0 Å². The number of rotatable bonds is 7. The second-order valence-electron chi connectivity index (χ2n) is 7.78. The Hall–Kier alpha value is -2.22. The normalized spacial score (nSPS) is 12.4. The van der Waals surface area contributed by atoms with Gasteiger partial charge in [0.05, 0.1) is 0 Å². The molecule has 1 N–H and O–H groups in total. The van der Waals surface area contributed by atoms with Crippen LogP contribution < -0.4 is 5.32 Å². The number of hydrogen-bond acceptors (Lipinski definition) is 6. The summed E-state index contributed by atoms with van der Waals surface area (Å²) in [4.78, 5) is 12.4. The number of nitrogens with one attached hydrogen (secondary N) is 1. The number of aromatic nitrogens is 2. The number of hydrogen-bond donors (Lipinski definition) is 1. The smallest absolute Gasteiger partial charge is 0.408 e. The summed E-state index contributed by atoms with van der Waals surface area (Å²) in [7, 11) is 0. The lowest BCUT2D eigenvalue weighted by molar-refractivity contribution is 0.0494. The average Bonchev–Trinajstić information content (AvgIpc) is 3.15. The Morgan fingerprint density at radius 2 is 1.77 bits per heavy atom. The van der Waals surface area contributed by atoms with Crippen LogP contribution in [0.5, 0.6) is 0 Å². The van der Waals surface area contributed by atoms with Crippen LogP contribution in [-0.4, -0.2) is 21.9 Å². The Bertz CT molecular complexity index is 1000. The van der Waals surface area contributed by atoms with Crippen LogP contribution in [0.1, 0.15) is 43.8 Å². The van der Waals surface area contributed by atoms with E-state index >= 15 is 0 Å². The van der Waals surface area contributed by atoms with Crippen LogP contribution in [0.25, 0.3) is 0 Å². The third kappa shape index (κ3) is 7.16. The summed E-state index contributed by atoms with van der Waals surface area (Å²) in [5, 5.41) is 12.6. The first-order chi connectivity index (χ1) is 14.7. The molecule has 3 rings (SSSR count). The number of thioether (sulfide) groups is 1. The number of ether oxygens (including phenoxy) is 1. The lowest BCUT2D eigenvalue weighted by Gasteiger charge is -2.22. The molecule has 9 heteroatoms. The Kier molecular flexibility index (Phi) is 7.86. The minimum absolute atomic E-state index is 0.294. The number of halogens is 2. The minimum atomic E-state index is -0.620. The van der Waals surface area contributed by atoms with Gasteiger partial charge in [0, 0.05) is 22.2 Å². The van der Waals surface area contributed by atoms with E-state index in [9.17, 15) is 4.79 Å². The van der Waals surface area contributed by atoms with Crippen molar-refractivity contribution in [3.8, 4) is 0 Å². The van der Waals surface area contributed by atoms with Crippen molar-refractivity contribution in [2.24, 2.45) is 0 Å². The summed E-state index contributed by atoms with van der Waals surface area (Å²) in [5.74, 6) is 0.769. The predicted octanol–water partition coefficient (Wildman–Crippen LogP) is 6.48. The topological polar surface area (TPSA) is 77.2 Å². The maximum Gasteiger partial charge on any atom is 0.408 e. The molecule has 0 aliphatic rings. The van der Waals surface area contributed by atoms with Crippen LogP contribution in [0.2, 0.25) is 10.0 Å². The molecule has 1 atom stereocenters. The van der Waals surface area contributed by atoms with Crippen molar-refractivity contribution in [1.82, 2.24) is 15.5 Å². The van der Waals surface area contributed by atoms with Crippen molar-refractivity contribution < 1.29 is 13.9 Å². The van der Waals surface area contributed by atoms with Crippen molar-refractivity contribution in [3.63, 3.8) is 0 Å². The van der Waals surface area contributed by atoms with Crippen LogP contribution in [-0.2, 0) is 16.9 Å². The first-order valence-corrected chi connectivity index (χ1v) is 11.4. The van der Waals surface area contributed by atoms with Crippen LogP contribution >= 0.6 is 35.0 Å². The van der Waals surface area contributed by atoms with E-state index in [1.54, 1.807) is 39.0 Å². The van der Waals surface area contributed by atoms with Crippen LogP contribution in [0.3, 0.4) is 0 Å². The van der Waals surface area contributed by atoms with E-state index in [1.807, 2.05) is 30.3 Å². The van der Waals surface area contributed by atoms with E-state index in [2.05, 4.69) is 15.5 Å². The monoisotopic (exact) mass is 479 g/mol. The zero-order valence-electron chi connectivity index (χ0n) is 17.4. The van der Waals surface area contributed by atoms with Crippen LogP contribution in [0.15, 0.2) is 58.2 Å². The summed E-state index contributed by atoms with van der Waals surface area (Å²) < 4.78 is 11.2. The maximum absolute atomic E-state index is 12.4. The highest BCUT2D eigenvalue weighted by atomic mass is 35.5. The molecule has 0 unspecified atom stereocenters. The molecule has 164 valence electrons. The number of carbonyl (C=O) groups excluding carboxylic acids is 1. The molecule has 0 radical (unpaired) electrons. The molecule has 0 fully saturated rings. The van der Waals surface area contributed by atoms with Gasteiger partial charge in [-0.05, 0) is 44.0 Å². The number of nitrogens with zero attached hydrogens (tertiary/aromatic N) is 2. The van der Waals surface area contributed by atoms with Gasteiger partial charge in [0.1, 0.15) is 11.6 Å². The van der Waals surface area contributed by atoms with Gasteiger partial charge in [-0.2, -0.15) is 0 Å². The first-order valence-electron chi connectivity index (χ1n) is 9.64. The summed E-state index contributed by atoms with van der Waals surface area (Å²) >= 11 is 13.8. The average molecular weight is 480 g/mol. The standard InChI is InChI=1S/C22H23Cl2N3O3S/c1-22(2,3)30-20(28)25-18(12-14-8-5-4-6-9-14)19-26-27-21(29-19)31-13-15-16(23)10-7-11-17(15)24/h4-11,18H,12-13H2,1-3H3,(H,25,28)/t18-/m0/s1. The fraction of sp³-hybridized carbons (Fsp3) is 0.318. The molecule has 0 saturated carbocycles. The van der Waals surface area contributed by atoms with E-state index in [4.69, 9.17) is 32.4 Å². The molecule has 0 aliphatic heterocycles. The predicted molar refractivity (Wildman–Crippen MR) is 123 cm³/mol. The molecule has 0 bridgehead atoms. The zero-order chi connectivity index (χ0) is 22.4. The van der Waals surface area contributed by atoms with Gasteiger partial charge in [-0.1, -0.05) is 71.4 Å². The van der Waals surface area contributed by atoms with Crippen molar-refractivity contribution in [2.45, 2.75) is 49.8 Å². The Morgan fingerprint density at radius 1 is 1.10 bits per heavy atom. The molecular formula is C22H23Cl2N3O3S. The van der Waals surface area contributed by atoms with E-state index in [0.29, 0.717) is 33.3 Å². The summed E-state index contributed by atoms with van der Waals surface area (Å²) in [5.41, 5.74) is 1.19. The van der Waals surface area contributed by atoms with Gasteiger partial charge in [0.25, 0.3) is 5.22 Å². The van der Waals surface area contributed by atoms with Gasteiger partial charge in [0.2, 0.25) is 5.89 Å². The number of carbonyl (C=O) groups is 1. The van der Waals surface area contributed by atoms with Crippen molar-refractivity contribution in [1.29, 1.82) is 0 Å². The molecule has 2 aromatic carbocycles. The summed E-state index contributed by atoms with van der Waals surface area (Å²) in [6, 6.07) is 14.5. The zero-order valence-corrected chi connectivity index (χ0v) is 19.7. The molecule has 0 aliphatic carbocycles.